The Morgan fingerprint density at radius 3 is 2.74 bits per heavy atom. The number of nitrogens with zero attached hydrogens (tertiary/aromatic N) is 5. The minimum absolute atomic E-state index is 0.725. The van der Waals surface area contributed by atoms with Crippen LogP contribution in [0.5, 0.6) is 0 Å². The van der Waals surface area contributed by atoms with Crippen molar-refractivity contribution in [3.63, 3.8) is 0 Å². The number of pyridine rings is 1. The van der Waals surface area contributed by atoms with Gasteiger partial charge in [-0.15, -0.1) is 10.2 Å². The number of hydrogen-bond donors (Lipinski definition) is 0. The predicted molar refractivity (Wildman–Crippen MR) is 108 cm³/mol. The second-order valence-electron chi connectivity index (χ2n) is 6.48. The molecule has 1 fully saturated rings. The maximum absolute atomic E-state index is 5.50. The molecule has 1 aromatic carbocycles. The van der Waals surface area contributed by atoms with Crippen LogP contribution in [0.3, 0.4) is 0 Å². The lowest BCUT2D eigenvalue weighted by molar-refractivity contribution is 0.122. The number of hydrogen-bond acceptors (Lipinski definition) is 6. The summed E-state index contributed by atoms with van der Waals surface area (Å²) in [7, 11) is 0. The van der Waals surface area contributed by atoms with Crippen molar-refractivity contribution in [3.05, 3.63) is 59.9 Å². The van der Waals surface area contributed by atoms with Crippen LogP contribution in [0.2, 0.25) is 0 Å². The van der Waals surface area contributed by atoms with E-state index in [1.165, 1.54) is 5.56 Å². The Labute approximate surface area is 163 Å². The third kappa shape index (κ3) is 4.31. The van der Waals surface area contributed by atoms with Crippen LogP contribution >= 0.6 is 11.8 Å². The van der Waals surface area contributed by atoms with E-state index in [-0.39, 0.29) is 0 Å². The van der Waals surface area contributed by atoms with Gasteiger partial charge in [-0.25, -0.2) is 0 Å². The van der Waals surface area contributed by atoms with Gasteiger partial charge in [0.05, 0.1) is 18.9 Å². The first kappa shape index (κ1) is 18.0. The second-order valence-corrected chi connectivity index (χ2v) is 7.54. The van der Waals surface area contributed by atoms with Crippen LogP contribution in [0, 0.1) is 6.92 Å². The van der Waals surface area contributed by atoms with E-state index in [0.29, 0.717) is 0 Å². The summed E-state index contributed by atoms with van der Waals surface area (Å²) >= 11 is 1.72. The molecule has 1 saturated heterocycles. The fourth-order valence-corrected chi connectivity index (χ4v) is 4.02. The van der Waals surface area contributed by atoms with E-state index in [9.17, 15) is 0 Å². The highest BCUT2D eigenvalue weighted by Crippen LogP contribution is 2.28. The summed E-state index contributed by atoms with van der Waals surface area (Å²) < 4.78 is 7.66. The molecule has 1 aliphatic heterocycles. The second kappa shape index (κ2) is 8.54. The number of rotatable bonds is 6. The van der Waals surface area contributed by atoms with Crippen LogP contribution < -0.4 is 4.90 Å². The average Bonchev–Trinajstić information content (AvgIpc) is 3.13. The fourth-order valence-electron chi connectivity index (χ4n) is 3.11. The van der Waals surface area contributed by atoms with Crippen LogP contribution in [0.4, 0.5) is 5.95 Å². The molecule has 0 amide bonds. The van der Waals surface area contributed by atoms with Crippen LogP contribution in [0.25, 0.3) is 5.69 Å². The summed E-state index contributed by atoms with van der Waals surface area (Å²) in [5.41, 5.74) is 3.42. The Balaban J connectivity index is 1.59. The Morgan fingerprint density at radius 1 is 1.07 bits per heavy atom. The quantitative estimate of drug-likeness (QED) is 0.612. The van der Waals surface area contributed by atoms with Crippen LogP contribution in [-0.2, 0) is 11.2 Å². The summed E-state index contributed by atoms with van der Waals surface area (Å²) in [6.45, 7) is 5.23. The predicted octanol–water partition coefficient (Wildman–Crippen LogP) is 3.14. The van der Waals surface area contributed by atoms with Gasteiger partial charge in [0.15, 0.2) is 5.16 Å². The Kier molecular flexibility index (Phi) is 5.69. The number of morpholine rings is 1. The third-order valence-corrected chi connectivity index (χ3v) is 5.42. The monoisotopic (exact) mass is 381 g/mol. The van der Waals surface area contributed by atoms with Crippen molar-refractivity contribution in [1.82, 2.24) is 19.7 Å². The van der Waals surface area contributed by atoms with Gasteiger partial charge in [0, 0.05) is 30.7 Å². The number of thioether (sulfide) groups is 1. The summed E-state index contributed by atoms with van der Waals surface area (Å²) in [5.74, 6) is 1.80. The molecule has 7 heteroatoms. The largest absolute Gasteiger partial charge is 0.378 e. The Hall–Kier alpha value is -2.38. The molecule has 0 atom stereocenters. The van der Waals surface area contributed by atoms with E-state index in [1.54, 1.807) is 11.8 Å². The highest BCUT2D eigenvalue weighted by Gasteiger charge is 2.21. The first-order valence-corrected chi connectivity index (χ1v) is 10.2. The first-order chi connectivity index (χ1) is 13.3. The molecule has 0 radical (unpaired) electrons. The lowest BCUT2D eigenvalue weighted by Crippen LogP contribution is -2.37. The minimum Gasteiger partial charge on any atom is -0.378 e. The highest BCUT2D eigenvalue weighted by molar-refractivity contribution is 7.99. The van der Waals surface area contributed by atoms with Crippen LogP contribution in [0.1, 0.15) is 11.3 Å². The number of anilines is 1. The zero-order chi connectivity index (χ0) is 18.5. The molecule has 140 valence electrons. The molecule has 0 spiro atoms. The fraction of sp³-hybridized carbons (Fsp3) is 0.350. The molecule has 0 bridgehead atoms. The summed E-state index contributed by atoms with van der Waals surface area (Å²) in [5, 5.41) is 9.93. The summed E-state index contributed by atoms with van der Waals surface area (Å²) in [6, 6.07) is 14.5. The maximum atomic E-state index is 5.50. The van der Waals surface area contributed by atoms with E-state index < -0.39 is 0 Å². The summed E-state index contributed by atoms with van der Waals surface area (Å²) in [6.07, 6.45) is 2.74. The standard InChI is InChI=1S/C20H23N5OS/c1-16-5-4-7-18(15-16)25-19(24-10-12-26-13-11-24)22-23-20(25)27-14-8-17-6-2-3-9-21-17/h2-7,9,15H,8,10-14H2,1H3. The lowest BCUT2D eigenvalue weighted by Gasteiger charge is -2.28. The zero-order valence-electron chi connectivity index (χ0n) is 15.4. The van der Waals surface area contributed by atoms with Gasteiger partial charge in [0.2, 0.25) is 5.95 Å². The molecule has 0 saturated carbocycles. The normalized spacial score (nSPS) is 14.5. The lowest BCUT2D eigenvalue weighted by atomic mass is 10.2. The molecular formula is C20H23N5OS. The topological polar surface area (TPSA) is 56.1 Å². The number of ether oxygens (including phenoxy) is 1. The van der Waals surface area contributed by atoms with E-state index >= 15 is 0 Å². The van der Waals surface area contributed by atoms with Crippen molar-refractivity contribution in [3.8, 4) is 5.69 Å². The maximum Gasteiger partial charge on any atom is 0.232 e. The van der Waals surface area contributed by atoms with Gasteiger partial charge in [-0.1, -0.05) is 30.0 Å². The van der Waals surface area contributed by atoms with Gasteiger partial charge in [-0.3, -0.25) is 9.55 Å². The smallest absolute Gasteiger partial charge is 0.232 e. The van der Waals surface area contributed by atoms with Crippen molar-refractivity contribution in [2.75, 3.05) is 37.0 Å². The van der Waals surface area contributed by atoms with Crippen molar-refractivity contribution >= 4 is 17.7 Å². The highest BCUT2D eigenvalue weighted by atomic mass is 32.2. The van der Waals surface area contributed by atoms with Crippen molar-refractivity contribution in [2.45, 2.75) is 18.5 Å². The van der Waals surface area contributed by atoms with E-state index in [2.05, 4.69) is 61.9 Å². The van der Waals surface area contributed by atoms with Gasteiger partial charge < -0.3 is 9.64 Å². The van der Waals surface area contributed by atoms with Crippen molar-refractivity contribution in [1.29, 1.82) is 0 Å². The molecule has 0 unspecified atom stereocenters. The van der Waals surface area contributed by atoms with Crippen molar-refractivity contribution < 1.29 is 4.74 Å². The minimum atomic E-state index is 0.725. The molecule has 27 heavy (non-hydrogen) atoms. The van der Waals surface area contributed by atoms with E-state index in [0.717, 1.165) is 61.0 Å². The number of benzene rings is 1. The first-order valence-electron chi connectivity index (χ1n) is 9.19. The number of aromatic nitrogens is 4. The van der Waals surface area contributed by atoms with Gasteiger partial charge in [0.25, 0.3) is 0 Å². The SMILES string of the molecule is Cc1cccc(-n2c(SCCc3ccccn3)nnc2N2CCOCC2)c1. The molecular weight excluding hydrogens is 358 g/mol. The Bertz CT molecular complexity index is 877. The average molecular weight is 382 g/mol. The Morgan fingerprint density at radius 2 is 1.96 bits per heavy atom. The van der Waals surface area contributed by atoms with Gasteiger partial charge in [-0.05, 0) is 43.2 Å². The molecule has 2 aromatic heterocycles. The van der Waals surface area contributed by atoms with Crippen LogP contribution in [-0.4, -0.2) is 51.8 Å². The molecule has 4 rings (SSSR count). The molecule has 1 aliphatic rings. The molecule has 3 aromatic rings. The molecule has 0 aliphatic carbocycles. The van der Waals surface area contributed by atoms with Gasteiger partial charge >= 0.3 is 0 Å². The van der Waals surface area contributed by atoms with Gasteiger partial charge in [-0.2, -0.15) is 0 Å². The zero-order valence-corrected chi connectivity index (χ0v) is 16.2. The van der Waals surface area contributed by atoms with E-state index in [4.69, 9.17) is 4.74 Å². The third-order valence-electron chi connectivity index (χ3n) is 4.49. The van der Waals surface area contributed by atoms with Crippen molar-refractivity contribution in [2.24, 2.45) is 0 Å². The van der Waals surface area contributed by atoms with Crippen LogP contribution in [0.15, 0.2) is 53.8 Å². The van der Waals surface area contributed by atoms with E-state index in [1.807, 2.05) is 18.3 Å². The van der Waals surface area contributed by atoms with Gasteiger partial charge in [0.1, 0.15) is 0 Å². The molecule has 3 heterocycles. The molecule has 0 N–H and O–H groups in total. The molecule has 6 nitrogen and oxygen atoms in total. The summed E-state index contributed by atoms with van der Waals surface area (Å²) in [4.78, 5) is 6.65. The number of aryl methyl sites for hydroxylation is 2.